The second-order valence-corrected chi connectivity index (χ2v) is 27.4. The van der Waals surface area contributed by atoms with Gasteiger partial charge in [-0.2, -0.15) is 10.2 Å². The highest BCUT2D eigenvalue weighted by molar-refractivity contribution is 9.10. The number of nitrogens with one attached hydrogen (secondary N) is 5. The van der Waals surface area contributed by atoms with E-state index in [9.17, 15) is 26.4 Å². The number of carbonyl (C=O) groups is 2. The average molecular weight is 1250 g/mol. The molecule has 0 aliphatic heterocycles. The molecule has 0 saturated heterocycles. The summed E-state index contributed by atoms with van der Waals surface area (Å²) in [7, 11) is -7.37. The van der Waals surface area contributed by atoms with Crippen LogP contribution in [-0.2, 0) is 29.5 Å². The molecule has 2 amide bonds. The normalized spacial score (nSPS) is 17.4. The Kier molecular flexibility index (Phi) is 23.9. The van der Waals surface area contributed by atoms with E-state index in [2.05, 4.69) is 85.5 Å². The number of carbonyl (C=O) groups excluding carboxylic acids is 2. The van der Waals surface area contributed by atoms with E-state index in [0.29, 0.717) is 51.3 Å². The van der Waals surface area contributed by atoms with Crippen molar-refractivity contribution in [1.82, 2.24) is 50.4 Å². The monoisotopic (exact) mass is 1250 g/mol. The van der Waals surface area contributed by atoms with E-state index in [-0.39, 0.29) is 64.6 Å². The number of ether oxygens (including phenoxy) is 2. The summed E-state index contributed by atoms with van der Waals surface area (Å²) in [5.41, 5.74) is 9.07. The van der Waals surface area contributed by atoms with Gasteiger partial charge in [0.05, 0.1) is 53.2 Å². The molecule has 6 aromatic rings. The van der Waals surface area contributed by atoms with Crippen molar-refractivity contribution in [3.63, 3.8) is 0 Å². The third kappa shape index (κ3) is 19.2. The third-order valence-corrected chi connectivity index (χ3v) is 19.1. The number of nitrogen functional groups attached to an aromatic ring is 1. The average Bonchev–Trinajstić information content (AvgIpc) is 4.12. The summed E-state index contributed by atoms with van der Waals surface area (Å²) in [5, 5.41) is 27.1. The molecule has 0 radical (unpaired) electrons. The fourth-order valence-electron chi connectivity index (χ4n) is 9.01. The van der Waals surface area contributed by atoms with Crippen molar-refractivity contribution in [3.05, 3.63) is 98.9 Å². The first-order valence-corrected chi connectivity index (χ1v) is 32.8. The highest BCUT2D eigenvalue weighted by Crippen LogP contribution is 2.42. The summed E-state index contributed by atoms with van der Waals surface area (Å²) in [4.78, 5) is 35.1. The minimum atomic E-state index is -3.76. The highest BCUT2D eigenvalue weighted by atomic mass is 79.9. The van der Waals surface area contributed by atoms with Gasteiger partial charge in [0.1, 0.15) is 5.82 Å². The van der Waals surface area contributed by atoms with Crippen LogP contribution in [0.2, 0.25) is 0 Å². The van der Waals surface area contributed by atoms with E-state index >= 15 is 0 Å². The molecule has 2 aliphatic rings. The van der Waals surface area contributed by atoms with Gasteiger partial charge in [-0.15, -0.1) is 32.9 Å². The Balaban J connectivity index is 0.000000227. The standard InChI is InChI=1S/C28H38N6O4S2.C21H28BrN3O4S2.C7H11N3/c1-6-30-40(36,37)25-15-21(31-26-14-13-23(17(2)3)33-34-26)11-12-22(25)24-16-29-27(39-24)19-7-9-20(10-8-19)32-28(35)38-18(4)5;1-4-24-31(27,28)19-11-15(22)7-10-17(19)18-12-23-20(30-18)14-5-8-16(9-6-14)25-21(26)29-13(2)3;1-5(2)6-3-4-7(8)10-9-6/h11-20,30H,6-10H2,1-5H3,(H,31,34)(H,32,35);7,10-14,16,24H,4-6,8-9H2,1-3H3,(H,25,26);3-5H,1-2H3,(H2,8,10). The Morgan fingerprint density at radius 1 is 0.605 bits per heavy atom. The number of aromatic nitrogens is 6. The van der Waals surface area contributed by atoms with Gasteiger partial charge in [0, 0.05) is 70.7 Å². The molecule has 0 unspecified atom stereocenters. The summed E-state index contributed by atoms with van der Waals surface area (Å²) >= 11 is 6.43. The fraction of sp³-hybridized carbons (Fsp3) is 0.500. The molecule has 7 N–H and O–H groups in total. The first-order chi connectivity index (χ1) is 38.4. The van der Waals surface area contributed by atoms with E-state index in [4.69, 9.17) is 15.2 Å². The fourth-order valence-corrected chi connectivity index (χ4v) is 14.5. The summed E-state index contributed by atoms with van der Waals surface area (Å²) in [6.45, 7) is 19.7. The Hall–Kier alpha value is -5.70. The van der Waals surface area contributed by atoms with Crippen LogP contribution in [0.25, 0.3) is 20.9 Å². The number of benzene rings is 2. The largest absolute Gasteiger partial charge is 0.447 e. The van der Waals surface area contributed by atoms with Crippen LogP contribution in [0.1, 0.15) is 166 Å². The van der Waals surface area contributed by atoms with Gasteiger partial charge in [0.25, 0.3) is 0 Å². The van der Waals surface area contributed by atoms with Crippen LogP contribution in [0.3, 0.4) is 0 Å². The van der Waals surface area contributed by atoms with Crippen LogP contribution in [0.15, 0.2) is 87.3 Å². The van der Waals surface area contributed by atoms with Gasteiger partial charge in [-0.1, -0.05) is 69.6 Å². The van der Waals surface area contributed by atoms with Gasteiger partial charge >= 0.3 is 12.2 Å². The van der Waals surface area contributed by atoms with Crippen LogP contribution in [-0.4, -0.2) is 96.8 Å². The van der Waals surface area contributed by atoms with Crippen molar-refractivity contribution in [1.29, 1.82) is 0 Å². The molecular weight excluding hydrogens is 1180 g/mol. The lowest BCUT2D eigenvalue weighted by molar-refractivity contribution is 0.108. The highest BCUT2D eigenvalue weighted by Gasteiger charge is 2.30. The number of rotatable bonds is 18. The number of nitrogens with two attached hydrogens (primary N) is 1. The Bertz CT molecular complexity index is 3220. The summed E-state index contributed by atoms with van der Waals surface area (Å²) in [6, 6.07) is 18.2. The van der Waals surface area contributed by atoms with Gasteiger partial charge < -0.3 is 31.2 Å². The van der Waals surface area contributed by atoms with Crippen molar-refractivity contribution < 1.29 is 35.9 Å². The summed E-state index contributed by atoms with van der Waals surface area (Å²) < 4.78 is 68.1. The van der Waals surface area contributed by atoms with Crippen molar-refractivity contribution in [2.24, 2.45) is 0 Å². The Morgan fingerprint density at radius 2 is 1.05 bits per heavy atom. The van der Waals surface area contributed by atoms with Crippen molar-refractivity contribution in [2.75, 3.05) is 24.1 Å². The van der Waals surface area contributed by atoms with Crippen molar-refractivity contribution >= 4 is 88.2 Å². The van der Waals surface area contributed by atoms with E-state index in [0.717, 1.165) is 82.5 Å². The van der Waals surface area contributed by atoms with Crippen LogP contribution in [0.4, 0.5) is 26.9 Å². The quantitative estimate of drug-likeness (QED) is 0.0466. The third-order valence-electron chi connectivity index (χ3n) is 13.1. The maximum Gasteiger partial charge on any atom is 0.407 e. The minimum absolute atomic E-state index is 0.0881. The van der Waals surface area contributed by atoms with E-state index in [1.807, 2.05) is 77.9 Å². The molecule has 440 valence electrons. The zero-order valence-electron chi connectivity index (χ0n) is 47.7. The lowest BCUT2D eigenvalue weighted by Crippen LogP contribution is -2.38. The van der Waals surface area contributed by atoms with Gasteiger partial charge in [-0.3, -0.25) is 0 Å². The summed E-state index contributed by atoms with van der Waals surface area (Å²) in [5.74, 6) is 2.27. The van der Waals surface area contributed by atoms with Crippen LogP contribution in [0.5, 0.6) is 0 Å². The van der Waals surface area contributed by atoms with Crippen LogP contribution in [0, 0.1) is 0 Å². The molecule has 0 bridgehead atoms. The zero-order valence-corrected chi connectivity index (χ0v) is 52.5. The molecule has 0 spiro atoms. The van der Waals surface area contributed by atoms with Gasteiger partial charge in [-0.05, 0) is 139 Å². The summed E-state index contributed by atoms with van der Waals surface area (Å²) in [6.07, 6.45) is 9.53. The lowest BCUT2D eigenvalue weighted by atomic mass is 9.86. The first kappa shape index (κ1) is 64.5. The van der Waals surface area contributed by atoms with Crippen molar-refractivity contribution in [3.8, 4) is 20.9 Å². The minimum Gasteiger partial charge on any atom is -0.447 e. The number of halogens is 1. The molecule has 2 fully saturated rings. The van der Waals surface area contributed by atoms with Crippen LogP contribution >= 0.6 is 38.6 Å². The second kappa shape index (κ2) is 30.0. The smallest absolute Gasteiger partial charge is 0.407 e. The molecule has 25 heteroatoms. The molecule has 2 saturated carbocycles. The van der Waals surface area contributed by atoms with Crippen molar-refractivity contribution in [2.45, 2.75) is 178 Å². The molecule has 2 aromatic carbocycles. The number of alkyl carbamates (subject to hydrolysis) is 2. The number of hydrogen-bond donors (Lipinski definition) is 6. The molecule has 20 nitrogen and oxygen atoms in total. The second-order valence-electron chi connectivity index (χ2n) is 20.9. The topological polar surface area (TPSA) is 284 Å². The SMILES string of the molecule is CC(C)c1ccc(N)nn1.CCNS(=O)(=O)c1cc(Br)ccc1-c1cnc(C2CCC(NC(=O)OC(C)C)CC2)s1.CCNS(=O)(=O)c1cc(Nc2ccc(C(C)C)nn2)ccc1-c1cnc(C2CCC(NC(=O)OC(C)C)CC2)s1. The van der Waals surface area contributed by atoms with Crippen LogP contribution < -0.4 is 31.1 Å². The number of nitrogens with zero attached hydrogens (tertiary/aromatic N) is 6. The Labute approximate surface area is 493 Å². The molecular formula is C56H77BrN12O8S4. The number of sulfonamides is 2. The predicted octanol–water partition coefficient (Wildman–Crippen LogP) is 12.1. The Morgan fingerprint density at radius 3 is 1.46 bits per heavy atom. The van der Waals surface area contributed by atoms with Gasteiger partial charge in [0.15, 0.2) is 5.82 Å². The number of hydrogen-bond acceptors (Lipinski definition) is 18. The van der Waals surface area contributed by atoms with E-state index in [1.54, 1.807) is 50.5 Å². The molecule has 0 atom stereocenters. The first-order valence-electron chi connectivity index (χ1n) is 27.4. The molecule has 81 heavy (non-hydrogen) atoms. The maximum absolute atomic E-state index is 13.2. The molecule has 8 rings (SSSR count). The number of thiazole rings is 2. The predicted molar refractivity (Wildman–Crippen MR) is 324 cm³/mol. The van der Waals surface area contributed by atoms with E-state index in [1.165, 1.54) is 22.7 Å². The molecule has 4 aromatic heterocycles. The van der Waals surface area contributed by atoms with Gasteiger partial charge in [0.2, 0.25) is 20.0 Å². The molecule has 2 aliphatic carbocycles. The van der Waals surface area contributed by atoms with E-state index < -0.39 is 20.0 Å². The number of anilines is 3. The molecule has 4 heterocycles. The van der Waals surface area contributed by atoms with Gasteiger partial charge in [-0.25, -0.2) is 45.8 Å². The number of amides is 2. The zero-order chi connectivity index (χ0) is 59.0. The lowest BCUT2D eigenvalue weighted by Gasteiger charge is -2.28. The maximum atomic E-state index is 13.2.